The van der Waals surface area contributed by atoms with Gasteiger partial charge in [0.15, 0.2) is 12.9 Å². The van der Waals surface area contributed by atoms with Crippen molar-refractivity contribution in [1.82, 2.24) is 4.90 Å². The minimum absolute atomic E-state index is 0.104. The van der Waals surface area contributed by atoms with Crippen LogP contribution in [0.25, 0.3) is 32.7 Å². The van der Waals surface area contributed by atoms with Crippen LogP contribution in [0.1, 0.15) is 10.4 Å². The predicted octanol–water partition coefficient (Wildman–Crippen LogP) is 7.56. The van der Waals surface area contributed by atoms with Crippen LogP contribution in [0.3, 0.4) is 0 Å². The van der Waals surface area contributed by atoms with Crippen molar-refractivity contribution in [2.75, 3.05) is 14.1 Å². The Hall–Kier alpha value is -4.72. The zero-order chi connectivity index (χ0) is 28.4. The van der Waals surface area contributed by atoms with Gasteiger partial charge in [0.2, 0.25) is 0 Å². The second-order valence-corrected chi connectivity index (χ2v) is 13.0. The van der Waals surface area contributed by atoms with E-state index in [4.69, 9.17) is 0 Å². The number of allylic oxidation sites excluding steroid dienone is 1. The molecule has 6 rings (SSSR count). The summed E-state index contributed by atoms with van der Waals surface area (Å²) in [5.41, 5.74) is 2.21. The van der Waals surface area contributed by atoms with Crippen LogP contribution in [0.2, 0.25) is 0 Å². The van der Waals surface area contributed by atoms with Crippen LogP contribution in [0.5, 0.6) is 0 Å². The first kappa shape index (κ1) is 26.5. The first-order valence-electron chi connectivity index (χ1n) is 13.6. The van der Waals surface area contributed by atoms with Gasteiger partial charge in [-0.25, -0.2) is 0 Å². The minimum Gasteiger partial charge on any atom is -0.383 e. The zero-order valence-corrected chi connectivity index (χ0v) is 24.0. The number of carbonyl (C=O) groups excluding carboxylic acids is 1. The molecule has 0 aliphatic heterocycles. The molecule has 3 nitrogen and oxygen atoms in total. The topological polar surface area (TPSA) is 37.4 Å². The van der Waals surface area contributed by atoms with E-state index in [1.54, 1.807) is 12.3 Å². The highest BCUT2D eigenvalue weighted by atomic mass is 31.2. The van der Waals surface area contributed by atoms with Crippen LogP contribution >= 0.6 is 7.14 Å². The van der Waals surface area contributed by atoms with E-state index < -0.39 is 7.14 Å². The van der Waals surface area contributed by atoms with E-state index in [9.17, 15) is 4.79 Å². The van der Waals surface area contributed by atoms with Crippen LogP contribution in [0, 0.1) is 0 Å². The molecule has 0 unspecified atom stereocenters. The lowest BCUT2D eigenvalue weighted by molar-refractivity contribution is 0.104. The standard InChI is InChI=1S/C37H30NO2P/c1-38(2)26-25-34(39)33-23-21-27-13-9-11-19-31(27)36(33)37-32-20-12-10-14-28(32)22-24-35(37)41(40,29-15-5-3-6-16-29)30-17-7-4-8-18-30/h3-26H,1-2H3/b26-25+. The van der Waals surface area contributed by atoms with Crippen molar-refractivity contribution < 1.29 is 9.36 Å². The summed E-state index contributed by atoms with van der Waals surface area (Å²) in [6.45, 7) is 0. The van der Waals surface area contributed by atoms with Gasteiger partial charge >= 0.3 is 0 Å². The van der Waals surface area contributed by atoms with E-state index in [-0.39, 0.29) is 5.78 Å². The fourth-order valence-corrected chi connectivity index (χ4v) is 8.41. The molecule has 0 saturated carbocycles. The van der Waals surface area contributed by atoms with E-state index >= 15 is 4.57 Å². The molecule has 200 valence electrons. The molecule has 41 heavy (non-hydrogen) atoms. The second kappa shape index (κ2) is 11.0. The van der Waals surface area contributed by atoms with Crippen molar-refractivity contribution in [2.45, 2.75) is 0 Å². The molecule has 4 heteroatoms. The quantitative estimate of drug-likeness (QED) is 0.117. The predicted molar refractivity (Wildman–Crippen MR) is 173 cm³/mol. The Labute approximate surface area is 240 Å². The van der Waals surface area contributed by atoms with E-state index in [1.807, 2.05) is 128 Å². The average Bonchev–Trinajstić information content (AvgIpc) is 3.03. The Morgan fingerprint density at radius 2 is 1.07 bits per heavy atom. The fraction of sp³-hybridized carbons (Fsp3) is 0.0541. The highest BCUT2D eigenvalue weighted by Gasteiger charge is 2.34. The Morgan fingerprint density at radius 1 is 0.585 bits per heavy atom. The maximum Gasteiger partial charge on any atom is 0.187 e. The molecule has 0 radical (unpaired) electrons. The second-order valence-electron chi connectivity index (χ2n) is 10.3. The molecule has 6 aromatic carbocycles. The first-order valence-corrected chi connectivity index (χ1v) is 15.3. The molecule has 0 amide bonds. The molecule has 0 saturated heterocycles. The smallest absolute Gasteiger partial charge is 0.187 e. The summed E-state index contributed by atoms with van der Waals surface area (Å²) >= 11 is 0. The third kappa shape index (κ3) is 4.79. The Morgan fingerprint density at radius 3 is 1.63 bits per heavy atom. The van der Waals surface area contributed by atoms with Gasteiger partial charge in [0.25, 0.3) is 0 Å². The van der Waals surface area contributed by atoms with Gasteiger partial charge in [0.05, 0.1) is 0 Å². The van der Waals surface area contributed by atoms with Crippen molar-refractivity contribution in [3.05, 3.63) is 151 Å². The molecular weight excluding hydrogens is 521 g/mol. The molecule has 0 fully saturated rings. The van der Waals surface area contributed by atoms with Gasteiger partial charge in [-0.15, -0.1) is 0 Å². The summed E-state index contributed by atoms with van der Waals surface area (Å²) in [6.07, 6.45) is 3.37. The number of hydrogen-bond acceptors (Lipinski definition) is 3. The molecule has 0 bridgehead atoms. The van der Waals surface area contributed by atoms with Crippen molar-refractivity contribution >= 4 is 50.4 Å². The van der Waals surface area contributed by atoms with Gasteiger partial charge in [-0.1, -0.05) is 121 Å². The van der Waals surface area contributed by atoms with Crippen LogP contribution in [0.4, 0.5) is 0 Å². The summed E-state index contributed by atoms with van der Waals surface area (Å²) in [5, 5.41) is 6.17. The van der Waals surface area contributed by atoms with E-state index in [0.29, 0.717) is 5.56 Å². The normalized spacial score (nSPS) is 11.8. The van der Waals surface area contributed by atoms with Gasteiger partial charge in [-0.2, -0.15) is 0 Å². The number of nitrogens with zero attached hydrogens (tertiary/aromatic N) is 1. The van der Waals surface area contributed by atoms with Crippen LogP contribution in [-0.4, -0.2) is 24.8 Å². The Bertz CT molecular complexity index is 1920. The maximum absolute atomic E-state index is 15.8. The Kier molecular flexibility index (Phi) is 7.14. The maximum atomic E-state index is 15.8. The van der Waals surface area contributed by atoms with Gasteiger partial charge in [-0.05, 0) is 33.7 Å². The van der Waals surface area contributed by atoms with Crippen molar-refractivity contribution in [3.63, 3.8) is 0 Å². The number of hydrogen-bond donors (Lipinski definition) is 0. The highest BCUT2D eigenvalue weighted by Crippen LogP contribution is 2.48. The largest absolute Gasteiger partial charge is 0.383 e. The number of ketones is 1. The lowest BCUT2D eigenvalue weighted by Gasteiger charge is -2.25. The molecule has 0 atom stereocenters. The number of benzene rings is 6. The summed E-state index contributed by atoms with van der Waals surface area (Å²) in [4.78, 5) is 15.7. The van der Waals surface area contributed by atoms with Crippen LogP contribution in [-0.2, 0) is 4.57 Å². The average molecular weight is 552 g/mol. The summed E-state index contributed by atoms with van der Waals surface area (Å²) in [6, 6.07) is 43.6. The third-order valence-corrected chi connectivity index (χ3v) is 10.6. The van der Waals surface area contributed by atoms with Crippen LogP contribution in [0.15, 0.2) is 146 Å². The molecule has 0 aliphatic carbocycles. The summed E-state index contributed by atoms with van der Waals surface area (Å²) in [5.74, 6) is -0.104. The van der Waals surface area contributed by atoms with Gasteiger partial charge < -0.3 is 9.46 Å². The molecule has 0 aromatic heterocycles. The third-order valence-electron chi connectivity index (χ3n) is 7.45. The van der Waals surface area contributed by atoms with Crippen LogP contribution < -0.4 is 15.9 Å². The summed E-state index contributed by atoms with van der Waals surface area (Å²) in [7, 11) is 0.405. The van der Waals surface area contributed by atoms with E-state index in [1.165, 1.54) is 0 Å². The molecule has 0 spiro atoms. The fourth-order valence-electron chi connectivity index (χ4n) is 5.54. The number of rotatable bonds is 7. The van der Waals surface area contributed by atoms with Crippen molar-refractivity contribution in [2.24, 2.45) is 0 Å². The molecular formula is C37H30NO2P. The zero-order valence-electron chi connectivity index (χ0n) is 23.1. The molecule has 6 aromatic rings. The molecule has 0 heterocycles. The van der Waals surface area contributed by atoms with Gasteiger partial charge in [0, 0.05) is 59.0 Å². The van der Waals surface area contributed by atoms with Crippen molar-refractivity contribution in [3.8, 4) is 11.1 Å². The lowest BCUT2D eigenvalue weighted by atomic mass is 9.88. The highest BCUT2D eigenvalue weighted by molar-refractivity contribution is 7.85. The SMILES string of the molecule is CN(C)/C=C/C(=O)c1ccc2ccccc2c1-c1c(P(=O)(c2ccccc2)c2ccccc2)ccc2ccccc12. The summed E-state index contributed by atoms with van der Waals surface area (Å²) < 4.78 is 15.8. The lowest BCUT2D eigenvalue weighted by Crippen LogP contribution is -2.26. The van der Waals surface area contributed by atoms with E-state index in [0.717, 1.165) is 48.6 Å². The number of fused-ring (bicyclic) bond motifs is 2. The Balaban J connectivity index is 1.80. The van der Waals surface area contributed by atoms with Gasteiger partial charge in [0.1, 0.15) is 0 Å². The molecule has 0 N–H and O–H groups in total. The van der Waals surface area contributed by atoms with Gasteiger partial charge in [-0.3, -0.25) is 4.79 Å². The monoisotopic (exact) mass is 551 g/mol. The van der Waals surface area contributed by atoms with E-state index in [2.05, 4.69) is 24.3 Å². The molecule has 0 aliphatic rings. The van der Waals surface area contributed by atoms with Crippen molar-refractivity contribution in [1.29, 1.82) is 0 Å². The first-order chi connectivity index (χ1) is 20.0. The minimum atomic E-state index is -3.38. The number of carbonyl (C=O) groups is 1.